The highest BCUT2D eigenvalue weighted by atomic mass is 16.1. The SMILES string of the molecule is O=[C]N(c1ccccc1)c1ccc2ccccc2c1. The summed E-state index contributed by atoms with van der Waals surface area (Å²) in [7, 11) is 0. The van der Waals surface area contributed by atoms with Gasteiger partial charge in [0.2, 0.25) is 0 Å². The van der Waals surface area contributed by atoms with E-state index in [0.29, 0.717) is 0 Å². The maximum absolute atomic E-state index is 11.2. The second-order valence-corrected chi connectivity index (χ2v) is 4.29. The Labute approximate surface area is 111 Å². The molecule has 0 heterocycles. The van der Waals surface area contributed by atoms with Crippen LogP contribution in [0.1, 0.15) is 0 Å². The van der Waals surface area contributed by atoms with E-state index in [1.165, 1.54) is 4.90 Å². The van der Waals surface area contributed by atoms with Crippen LogP contribution in [0.4, 0.5) is 11.4 Å². The van der Waals surface area contributed by atoms with Gasteiger partial charge in [-0.2, -0.15) is 0 Å². The molecular formula is C17H12NO. The Kier molecular flexibility index (Phi) is 2.99. The van der Waals surface area contributed by atoms with Crippen LogP contribution in [-0.2, 0) is 4.79 Å². The van der Waals surface area contributed by atoms with E-state index in [0.717, 1.165) is 22.1 Å². The second kappa shape index (κ2) is 4.94. The van der Waals surface area contributed by atoms with Crippen LogP contribution in [0.3, 0.4) is 0 Å². The highest BCUT2D eigenvalue weighted by Gasteiger charge is 2.09. The number of hydrogen-bond acceptors (Lipinski definition) is 1. The van der Waals surface area contributed by atoms with Gasteiger partial charge in [0.05, 0.1) is 5.69 Å². The number of fused-ring (bicyclic) bond motifs is 1. The molecule has 1 amide bonds. The molecule has 0 fully saturated rings. The summed E-state index contributed by atoms with van der Waals surface area (Å²) in [6.07, 6.45) is 1.98. The topological polar surface area (TPSA) is 20.3 Å². The standard InChI is InChI=1S/C17H12NO/c19-13-18(16-8-2-1-3-9-16)17-11-10-14-6-4-5-7-15(14)12-17/h1-12H. The van der Waals surface area contributed by atoms with Gasteiger partial charge in [0.25, 0.3) is 0 Å². The summed E-state index contributed by atoms with van der Waals surface area (Å²) in [5.41, 5.74) is 1.63. The molecule has 3 aromatic rings. The summed E-state index contributed by atoms with van der Waals surface area (Å²) in [6.45, 7) is 0. The summed E-state index contributed by atoms with van der Waals surface area (Å²) < 4.78 is 0. The molecule has 1 radical (unpaired) electrons. The quantitative estimate of drug-likeness (QED) is 0.638. The maximum Gasteiger partial charge on any atom is 0.321 e. The molecular weight excluding hydrogens is 234 g/mol. The molecule has 0 aromatic heterocycles. The molecule has 0 spiro atoms. The van der Waals surface area contributed by atoms with E-state index in [1.807, 2.05) is 73.1 Å². The molecule has 3 rings (SSSR count). The van der Waals surface area contributed by atoms with Crippen LogP contribution in [0.25, 0.3) is 10.8 Å². The van der Waals surface area contributed by atoms with E-state index in [2.05, 4.69) is 6.07 Å². The lowest BCUT2D eigenvalue weighted by Crippen LogP contribution is -2.13. The average molecular weight is 246 g/mol. The largest absolute Gasteiger partial charge is 0.321 e. The van der Waals surface area contributed by atoms with Gasteiger partial charge in [-0.15, -0.1) is 0 Å². The van der Waals surface area contributed by atoms with Gasteiger partial charge in [-0.05, 0) is 35.0 Å². The Bertz CT molecular complexity index is 707. The predicted octanol–water partition coefficient (Wildman–Crippen LogP) is 4.05. The van der Waals surface area contributed by atoms with Gasteiger partial charge in [-0.3, -0.25) is 9.69 Å². The van der Waals surface area contributed by atoms with E-state index in [-0.39, 0.29) is 0 Å². The summed E-state index contributed by atoms with van der Waals surface area (Å²) >= 11 is 0. The van der Waals surface area contributed by atoms with Crippen molar-refractivity contribution in [3.05, 3.63) is 72.8 Å². The van der Waals surface area contributed by atoms with Crippen LogP contribution in [0.5, 0.6) is 0 Å². The van der Waals surface area contributed by atoms with Crippen molar-refractivity contribution in [3.63, 3.8) is 0 Å². The Morgan fingerprint density at radius 2 is 1.37 bits per heavy atom. The molecule has 0 N–H and O–H groups in total. The van der Waals surface area contributed by atoms with Crippen molar-refractivity contribution in [1.82, 2.24) is 0 Å². The van der Waals surface area contributed by atoms with E-state index < -0.39 is 0 Å². The fraction of sp³-hybridized carbons (Fsp3) is 0. The molecule has 3 aromatic carbocycles. The first kappa shape index (κ1) is 11.5. The van der Waals surface area contributed by atoms with Crippen LogP contribution < -0.4 is 4.90 Å². The molecule has 0 saturated heterocycles. The Morgan fingerprint density at radius 3 is 2.11 bits per heavy atom. The average Bonchev–Trinajstić information content (AvgIpc) is 2.49. The Balaban J connectivity index is 2.09. The van der Waals surface area contributed by atoms with Crippen molar-refractivity contribution in [1.29, 1.82) is 0 Å². The lowest BCUT2D eigenvalue weighted by molar-refractivity contribution is 0.556. The zero-order valence-corrected chi connectivity index (χ0v) is 10.3. The highest BCUT2D eigenvalue weighted by Crippen LogP contribution is 2.26. The molecule has 0 aliphatic carbocycles. The maximum atomic E-state index is 11.2. The molecule has 91 valence electrons. The molecule has 0 bridgehead atoms. The van der Waals surface area contributed by atoms with Crippen LogP contribution in [0, 0.1) is 0 Å². The molecule has 0 unspecified atom stereocenters. The second-order valence-electron chi connectivity index (χ2n) is 4.29. The Hall–Kier alpha value is -2.61. The Morgan fingerprint density at radius 1 is 0.684 bits per heavy atom. The first-order valence-corrected chi connectivity index (χ1v) is 6.10. The first-order chi connectivity index (χ1) is 9.38. The summed E-state index contributed by atoms with van der Waals surface area (Å²) in [5, 5.41) is 2.27. The molecule has 2 heteroatoms. The van der Waals surface area contributed by atoms with Gasteiger partial charge in [0.1, 0.15) is 0 Å². The van der Waals surface area contributed by atoms with Gasteiger partial charge in [-0.1, -0.05) is 48.5 Å². The smallest absolute Gasteiger partial charge is 0.273 e. The van der Waals surface area contributed by atoms with Crippen molar-refractivity contribution in [2.45, 2.75) is 0 Å². The van der Waals surface area contributed by atoms with Gasteiger partial charge >= 0.3 is 6.41 Å². The number of rotatable bonds is 3. The summed E-state index contributed by atoms with van der Waals surface area (Å²) in [4.78, 5) is 12.8. The van der Waals surface area contributed by atoms with Gasteiger partial charge < -0.3 is 0 Å². The third-order valence-electron chi connectivity index (χ3n) is 3.10. The third-order valence-corrected chi connectivity index (χ3v) is 3.10. The summed E-state index contributed by atoms with van der Waals surface area (Å²) in [5.74, 6) is 0. The number of carbonyl (C=O) groups excluding carboxylic acids is 1. The van der Waals surface area contributed by atoms with Crippen molar-refractivity contribution < 1.29 is 4.79 Å². The third kappa shape index (κ3) is 2.20. The first-order valence-electron chi connectivity index (χ1n) is 6.10. The van der Waals surface area contributed by atoms with Crippen LogP contribution >= 0.6 is 0 Å². The van der Waals surface area contributed by atoms with E-state index in [9.17, 15) is 4.79 Å². The van der Waals surface area contributed by atoms with Gasteiger partial charge in [0.15, 0.2) is 0 Å². The number of para-hydroxylation sites is 1. The van der Waals surface area contributed by atoms with Gasteiger partial charge in [-0.25, -0.2) is 0 Å². The van der Waals surface area contributed by atoms with Crippen molar-refractivity contribution >= 4 is 28.6 Å². The van der Waals surface area contributed by atoms with E-state index in [4.69, 9.17) is 0 Å². The minimum atomic E-state index is 0.813. The fourth-order valence-corrected chi connectivity index (χ4v) is 2.15. The minimum absolute atomic E-state index is 0.813. The molecule has 0 saturated carbocycles. The van der Waals surface area contributed by atoms with Crippen LogP contribution in [-0.4, -0.2) is 6.41 Å². The normalized spacial score (nSPS) is 10.3. The zero-order chi connectivity index (χ0) is 13.1. The molecule has 2 nitrogen and oxygen atoms in total. The zero-order valence-electron chi connectivity index (χ0n) is 10.3. The van der Waals surface area contributed by atoms with Crippen molar-refractivity contribution in [2.24, 2.45) is 0 Å². The fourth-order valence-electron chi connectivity index (χ4n) is 2.15. The minimum Gasteiger partial charge on any atom is -0.273 e. The number of benzene rings is 3. The predicted molar refractivity (Wildman–Crippen MR) is 78.2 cm³/mol. The summed E-state index contributed by atoms with van der Waals surface area (Å²) in [6, 6.07) is 23.5. The molecule has 0 aliphatic heterocycles. The van der Waals surface area contributed by atoms with Crippen LogP contribution in [0.15, 0.2) is 72.8 Å². The molecule has 0 aliphatic rings. The lowest BCUT2D eigenvalue weighted by Gasteiger charge is -2.16. The molecule has 0 atom stereocenters. The number of amides is 1. The highest BCUT2D eigenvalue weighted by molar-refractivity contribution is 5.92. The van der Waals surface area contributed by atoms with Crippen molar-refractivity contribution in [2.75, 3.05) is 4.90 Å². The molecule has 19 heavy (non-hydrogen) atoms. The number of nitrogens with zero attached hydrogens (tertiary/aromatic N) is 1. The van der Waals surface area contributed by atoms with E-state index in [1.54, 1.807) is 0 Å². The number of anilines is 2. The van der Waals surface area contributed by atoms with E-state index >= 15 is 0 Å². The van der Waals surface area contributed by atoms with Crippen molar-refractivity contribution in [3.8, 4) is 0 Å². The monoisotopic (exact) mass is 246 g/mol. The number of hydrogen-bond donors (Lipinski definition) is 0. The lowest BCUT2D eigenvalue weighted by atomic mass is 10.1. The van der Waals surface area contributed by atoms with Crippen LogP contribution in [0.2, 0.25) is 0 Å². The van der Waals surface area contributed by atoms with Gasteiger partial charge in [0, 0.05) is 5.69 Å².